The summed E-state index contributed by atoms with van der Waals surface area (Å²) in [7, 11) is 1.78. The Balaban J connectivity index is 2.23. The summed E-state index contributed by atoms with van der Waals surface area (Å²) in [5.41, 5.74) is 1.54. The Kier molecular flexibility index (Phi) is 6.17. The molecule has 5 heteroatoms. The minimum absolute atomic E-state index is 0.0581. The minimum atomic E-state index is -1.06. The number of hydrogen-bond acceptors (Lipinski definition) is 3. The highest BCUT2D eigenvalue weighted by Crippen LogP contribution is 2.29. The van der Waals surface area contributed by atoms with E-state index in [2.05, 4.69) is 13.8 Å². The molecule has 1 amide bonds. The number of nitrogens with zero attached hydrogens (tertiary/aromatic N) is 1. The number of hydrogen-bond donors (Lipinski definition) is 1. The summed E-state index contributed by atoms with van der Waals surface area (Å²) in [6, 6.07) is 16.4. The second kappa shape index (κ2) is 8.33. The summed E-state index contributed by atoms with van der Waals surface area (Å²) in [5, 5.41) is 8.70. The van der Waals surface area contributed by atoms with Crippen LogP contribution < -0.4 is 4.74 Å². The zero-order valence-electron chi connectivity index (χ0n) is 14.7. The number of rotatable bonds is 7. The molecule has 0 aliphatic rings. The molecule has 1 unspecified atom stereocenters. The van der Waals surface area contributed by atoms with Crippen molar-refractivity contribution in [3.05, 3.63) is 65.7 Å². The quantitative estimate of drug-likeness (QED) is 0.835. The maximum absolute atomic E-state index is 12.9. The zero-order chi connectivity index (χ0) is 18.4. The summed E-state index contributed by atoms with van der Waals surface area (Å²) >= 11 is 0. The third-order valence-corrected chi connectivity index (χ3v) is 3.95. The Labute approximate surface area is 147 Å². The fourth-order valence-corrected chi connectivity index (χ4v) is 2.90. The number of amides is 1. The molecule has 0 aromatic heterocycles. The Morgan fingerprint density at radius 3 is 2.36 bits per heavy atom. The van der Waals surface area contributed by atoms with Gasteiger partial charge in [0.15, 0.2) is 6.61 Å². The Bertz CT molecular complexity index is 727. The summed E-state index contributed by atoms with van der Waals surface area (Å²) in [4.78, 5) is 25.2. The van der Waals surface area contributed by atoms with Gasteiger partial charge in [-0.15, -0.1) is 0 Å². The van der Waals surface area contributed by atoms with Crippen molar-refractivity contribution in [3.8, 4) is 5.75 Å². The molecule has 0 bridgehead atoms. The van der Waals surface area contributed by atoms with Gasteiger partial charge in [0.05, 0.1) is 6.04 Å². The van der Waals surface area contributed by atoms with Gasteiger partial charge >= 0.3 is 5.97 Å². The molecule has 1 N–H and O–H groups in total. The Hall–Kier alpha value is -2.82. The van der Waals surface area contributed by atoms with Crippen LogP contribution in [0.5, 0.6) is 5.75 Å². The first-order valence-electron chi connectivity index (χ1n) is 8.17. The van der Waals surface area contributed by atoms with E-state index in [-0.39, 0.29) is 17.9 Å². The fraction of sp³-hybridized carbons (Fsp3) is 0.300. The van der Waals surface area contributed by atoms with Crippen molar-refractivity contribution in [1.29, 1.82) is 0 Å². The first-order chi connectivity index (χ1) is 11.9. The van der Waals surface area contributed by atoms with Crippen molar-refractivity contribution < 1.29 is 19.4 Å². The van der Waals surface area contributed by atoms with Crippen LogP contribution in [-0.4, -0.2) is 35.5 Å². The van der Waals surface area contributed by atoms with Crippen LogP contribution in [0.25, 0.3) is 0 Å². The Morgan fingerprint density at radius 2 is 1.76 bits per heavy atom. The maximum Gasteiger partial charge on any atom is 0.341 e. The van der Waals surface area contributed by atoms with Crippen LogP contribution in [0.1, 0.15) is 35.8 Å². The second-order valence-electron chi connectivity index (χ2n) is 6.23. The van der Waals surface area contributed by atoms with E-state index >= 15 is 0 Å². The van der Waals surface area contributed by atoms with Gasteiger partial charge in [0.25, 0.3) is 5.91 Å². The second-order valence-corrected chi connectivity index (χ2v) is 6.23. The molecule has 2 aromatic rings. The van der Waals surface area contributed by atoms with Gasteiger partial charge in [0.1, 0.15) is 5.75 Å². The predicted octanol–water partition coefficient (Wildman–Crippen LogP) is 3.62. The van der Waals surface area contributed by atoms with Crippen LogP contribution in [-0.2, 0) is 4.79 Å². The smallest absolute Gasteiger partial charge is 0.341 e. The van der Waals surface area contributed by atoms with E-state index in [0.29, 0.717) is 11.3 Å². The molecule has 0 aliphatic heterocycles. The molecule has 5 nitrogen and oxygen atoms in total. The van der Waals surface area contributed by atoms with Crippen molar-refractivity contribution in [2.75, 3.05) is 13.7 Å². The molecule has 132 valence electrons. The number of benzene rings is 2. The third-order valence-electron chi connectivity index (χ3n) is 3.95. The highest BCUT2D eigenvalue weighted by Gasteiger charge is 2.25. The zero-order valence-corrected chi connectivity index (χ0v) is 14.7. The van der Waals surface area contributed by atoms with Crippen LogP contribution in [0, 0.1) is 5.92 Å². The number of carbonyl (C=O) groups is 2. The van der Waals surface area contributed by atoms with Crippen molar-refractivity contribution in [1.82, 2.24) is 4.90 Å². The third kappa shape index (κ3) is 4.83. The molecule has 0 saturated carbocycles. The van der Waals surface area contributed by atoms with Gasteiger partial charge in [0, 0.05) is 12.6 Å². The van der Waals surface area contributed by atoms with E-state index in [1.807, 2.05) is 30.3 Å². The molecule has 0 heterocycles. The lowest BCUT2D eigenvalue weighted by Gasteiger charge is -2.32. The van der Waals surface area contributed by atoms with Crippen LogP contribution >= 0.6 is 0 Å². The monoisotopic (exact) mass is 341 g/mol. The number of carboxylic acids is 1. The van der Waals surface area contributed by atoms with Crippen molar-refractivity contribution in [3.63, 3.8) is 0 Å². The molecule has 25 heavy (non-hydrogen) atoms. The van der Waals surface area contributed by atoms with Crippen molar-refractivity contribution in [2.45, 2.75) is 19.9 Å². The molecular formula is C20H23NO4. The first kappa shape index (κ1) is 18.5. The van der Waals surface area contributed by atoms with E-state index in [0.717, 1.165) is 5.56 Å². The SMILES string of the molecule is CC(C)C(c1ccccc1)N(C)C(=O)c1cccc(OCC(=O)O)c1. The highest BCUT2D eigenvalue weighted by molar-refractivity contribution is 5.94. The van der Waals surface area contributed by atoms with E-state index in [4.69, 9.17) is 9.84 Å². The fourth-order valence-electron chi connectivity index (χ4n) is 2.90. The van der Waals surface area contributed by atoms with Crippen LogP contribution in [0.4, 0.5) is 0 Å². The van der Waals surface area contributed by atoms with E-state index in [1.54, 1.807) is 36.2 Å². The van der Waals surface area contributed by atoms with Gasteiger partial charge < -0.3 is 14.7 Å². The highest BCUT2D eigenvalue weighted by atomic mass is 16.5. The van der Waals surface area contributed by atoms with Gasteiger partial charge in [-0.05, 0) is 29.7 Å². The van der Waals surface area contributed by atoms with Gasteiger partial charge in [-0.25, -0.2) is 4.79 Å². The molecule has 1 atom stereocenters. The molecule has 2 rings (SSSR count). The first-order valence-corrected chi connectivity index (χ1v) is 8.17. The average molecular weight is 341 g/mol. The number of carbonyl (C=O) groups excluding carboxylic acids is 1. The lowest BCUT2D eigenvalue weighted by Crippen LogP contribution is -2.34. The standard InChI is InChI=1S/C20H23NO4/c1-14(2)19(15-8-5-4-6-9-15)21(3)20(24)16-10-7-11-17(12-16)25-13-18(22)23/h4-12,14,19H,13H2,1-3H3,(H,22,23). The average Bonchev–Trinajstić information content (AvgIpc) is 2.60. The van der Waals surface area contributed by atoms with Crippen LogP contribution in [0.3, 0.4) is 0 Å². The molecular weight excluding hydrogens is 318 g/mol. The van der Waals surface area contributed by atoms with E-state index < -0.39 is 12.6 Å². The van der Waals surface area contributed by atoms with E-state index in [9.17, 15) is 9.59 Å². The Morgan fingerprint density at radius 1 is 1.08 bits per heavy atom. The van der Waals surface area contributed by atoms with Gasteiger partial charge in [0.2, 0.25) is 0 Å². The molecule has 0 fully saturated rings. The molecule has 0 spiro atoms. The summed E-state index contributed by atoms with van der Waals surface area (Å²) in [6.07, 6.45) is 0. The minimum Gasteiger partial charge on any atom is -0.482 e. The van der Waals surface area contributed by atoms with Crippen molar-refractivity contribution in [2.24, 2.45) is 5.92 Å². The largest absolute Gasteiger partial charge is 0.482 e. The number of ether oxygens (including phenoxy) is 1. The lowest BCUT2D eigenvalue weighted by atomic mass is 9.94. The normalized spacial score (nSPS) is 11.8. The van der Waals surface area contributed by atoms with Crippen LogP contribution in [0.2, 0.25) is 0 Å². The van der Waals surface area contributed by atoms with Gasteiger partial charge in [-0.1, -0.05) is 50.2 Å². The molecule has 0 saturated heterocycles. The number of aliphatic carboxylic acids is 1. The van der Waals surface area contributed by atoms with Gasteiger partial charge in [-0.2, -0.15) is 0 Å². The van der Waals surface area contributed by atoms with Crippen LogP contribution in [0.15, 0.2) is 54.6 Å². The lowest BCUT2D eigenvalue weighted by molar-refractivity contribution is -0.139. The van der Waals surface area contributed by atoms with E-state index in [1.165, 1.54) is 0 Å². The summed E-state index contributed by atoms with van der Waals surface area (Å²) < 4.78 is 5.16. The maximum atomic E-state index is 12.9. The molecule has 0 aliphatic carbocycles. The molecule has 2 aromatic carbocycles. The van der Waals surface area contributed by atoms with Gasteiger partial charge in [-0.3, -0.25) is 4.79 Å². The molecule has 0 radical (unpaired) electrons. The summed E-state index contributed by atoms with van der Waals surface area (Å²) in [6.45, 7) is 3.72. The topological polar surface area (TPSA) is 66.8 Å². The van der Waals surface area contributed by atoms with Crippen molar-refractivity contribution >= 4 is 11.9 Å². The summed E-state index contributed by atoms with van der Waals surface area (Å²) in [5.74, 6) is -0.591. The predicted molar refractivity (Wildman–Crippen MR) is 95.7 cm³/mol. The number of carboxylic acid groups (broad SMARTS) is 1.